The van der Waals surface area contributed by atoms with Gasteiger partial charge in [0.1, 0.15) is 12.1 Å². The Morgan fingerprint density at radius 2 is 1.77 bits per heavy atom. The average Bonchev–Trinajstić information content (AvgIpc) is 3.08. The average molecular weight is 399 g/mol. The molecule has 0 aliphatic heterocycles. The maximum atomic E-state index is 12.4. The van der Waals surface area contributed by atoms with E-state index in [1.165, 1.54) is 6.33 Å². The molecule has 0 atom stereocenters. The third-order valence-corrected chi connectivity index (χ3v) is 4.47. The summed E-state index contributed by atoms with van der Waals surface area (Å²) in [5, 5.41) is 7.31. The van der Waals surface area contributed by atoms with Gasteiger partial charge in [-0.2, -0.15) is 5.10 Å². The molecule has 2 aromatic carbocycles. The van der Waals surface area contributed by atoms with Crippen molar-refractivity contribution in [3.05, 3.63) is 89.5 Å². The Labute approximate surface area is 174 Å². The van der Waals surface area contributed by atoms with Crippen LogP contribution >= 0.6 is 0 Å². The molecule has 0 spiro atoms. The Bertz CT molecular complexity index is 1200. The zero-order valence-corrected chi connectivity index (χ0v) is 17.0. The molecule has 4 aromatic rings. The summed E-state index contributed by atoms with van der Waals surface area (Å²) in [5.74, 6) is 1.48. The van der Waals surface area contributed by atoms with E-state index in [0.29, 0.717) is 28.7 Å². The Hall–Kier alpha value is -4.00. The van der Waals surface area contributed by atoms with Gasteiger partial charge in [0.2, 0.25) is 5.88 Å². The number of benzene rings is 2. The van der Waals surface area contributed by atoms with Gasteiger partial charge in [-0.25, -0.2) is 14.6 Å². The van der Waals surface area contributed by atoms with E-state index < -0.39 is 0 Å². The summed E-state index contributed by atoms with van der Waals surface area (Å²) < 4.78 is 7.59. The summed E-state index contributed by atoms with van der Waals surface area (Å²) in [6, 6.07) is 18.3. The van der Waals surface area contributed by atoms with Crippen LogP contribution in [0.4, 0.5) is 5.69 Å². The monoisotopic (exact) mass is 399 g/mol. The van der Waals surface area contributed by atoms with Crippen molar-refractivity contribution in [2.45, 2.75) is 20.8 Å². The zero-order chi connectivity index (χ0) is 21.1. The van der Waals surface area contributed by atoms with Gasteiger partial charge >= 0.3 is 0 Å². The second kappa shape index (κ2) is 8.16. The summed E-state index contributed by atoms with van der Waals surface area (Å²) in [5.41, 5.74) is 4.23. The van der Waals surface area contributed by atoms with E-state index in [0.717, 1.165) is 17.0 Å². The maximum Gasteiger partial charge on any atom is 0.255 e. The van der Waals surface area contributed by atoms with E-state index in [4.69, 9.17) is 4.74 Å². The number of rotatable bonds is 5. The predicted molar refractivity (Wildman–Crippen MR) is 114 cm³/mol. The number of hydrogen-bond acceptors (Lipinski definition) is 5. The number of anilines is 1. The summed E-state index contributed by atoms with van der Waals surface area (Å²) in [4.78, 5) is 20.8. The van der Waals surface area contributed by atoms with Crippen molar-refractivity contribution in [1.82, 2.24) is 19.7 Å². The Morgan fingerprint density at radius 1 is 0.967 bits per heavy atom. The van der Waals surface area contributed by atoms with Gasteiger partial charge in [-0.15, -0.1) is 0 Å². The van der Waals surface area contributed by atoms with Crippen LogP contribution in [0.15, 0.2) is 67.0 Å². The lowest BCUT2D eigenvalue weighted by atomic mass is 10.1. The number of ether oxygens (including phenoxy) is 1. The summed E-state index contributed by atoms with van der Waals surface area (Å²) in [6.45, 7) is 5.85. The first-order chi connectivity index (χ1) is 14.5. The van der Waals surface area contributed by atoms with Crippen molar-refractivity contribution < 1.29 is 9.53 Å². The molecule has 0 saturated carbocycles. The zero-order valence-electron chi connectivity index (χ0n) is 17.0. The largest absolute Gasteiger partial charge is 0.439 e. The van der Waals surface area contributed by atoms with Crippen LogP contribution < -0.4 is 10.1 Å². The standard InChI is InChI=1S/C23H21N5O2/c1-15-5-4-6-18(11-15)23(29)26-19-7-9-20(10-8-19)30-22-13-21(24-14-25-22)28-17(3)12-16(2)27-28/h4-14H,1-3H3,(H,26,29). The van der Waals surface area contributed by atoms with E-state index in [9.17, 15) is 4.79 Å². The number of nitrogens with zero attached hydrogens (tertiary/aromatic N) is 4. The quantitative estimate of drug-likeness (QED) is 0.529. The molecule has 0 unspecified atom stereocenters. The topological polar surface area (TPSA) is 81.9 Å². The first-order valence-electron chi connectivity index (χ1n) is 9.49. The highest BCUT2D eigenvalue weighted by molar-refractivity contribution is 6.04. The molecule has 0 bridgehead atoms. The molecule has 1 amide bonds. The van der Waals surface area contributed by atoms with E-state index in [-0.39, 0.29) is 5.91 Å². The van der Waals surface area contributed by atoms with Crippen LogP contribution in [0, 0.1) is 20.8 Å². The molecule has 4 rings (SSSR count). The van der Waals surface area contributed by atoms with Crippen LogP contribution in [0.2, 0.25) is 0 Å². The number of nitrogens with one attached hydrogen (secondary N) is 1. The van der Waals surface area contributed by atoms with Crippen LogP contribution in [0.5, 0.6) is 11.6 Å². The Balaban J connectivity index is 1.46. The molecule has 7 heteroatoms. The molecule has 7 nitrogen and oxygen atoms in total. The molecule has 150 valence electrons. The summed E-state index contributed by atoms with van der Waals surface area (Å²) in [7, 11) is 0. The van der Waals surface area contributed by atoms with Gasteiger partial charge in [-0.05, 0) is 63.2 Å². The molecule has 0 saturated heterocycles. The van der Waals surface area contributed by atoms with Crippen LogP contribution in [-0.2, 0) is 0 Å². The second-order valence-corrected chi connectivity index (χ2v) is 7.00. The highest BCUT2D eigenvalue weighted by atomic mass is 16.5. The Kier molecular flexibility index (Phi) is 5.26. The summed E-state index contributed by atoms with van der Waals surface area (Å²) in [6.07, 6.45) is 1.44. The lowest BCUT2D eigenvalue weighted by Crippen LogP contribution is -2.11. The van der Waals surface area contributed by atoms with Crippen molar-refractivity contribution in [2.24, 2.45) is 0 Å². The van der Waals surface area contributed by atoms with Gasteiger partial charge < -0.3 is 10.1 Å². The maximum absolute atomic E-state index is 12.4. The number of carbonyl (C=O) groups excluding carboxylic acids is 1. The number of amides is 1. The van der Waals surface area contributed by atoms with Gasteiger partial charge in [0.25, 0.3) is 5.91 Å². The minimum atomic E-state index is -0.155. The van der Waals surface area contributed by atoms with Crippen LogP contribution in [0.3, 0.4) is 0 Å². The first-order valence-corrected chi connectivity index (χ1v) is 9.49. The van der Waals surface area contributed by atoms with Crippen molar-refractivity contribution >= 4 is 11.6 Å². The fraction of sp³-hybridized carbons (Fsp3) is 0.130. The first kappa shape index (κ1) is 19.3. The molecule has 1 N–H and O–H groups in total. The highest BCUT2D eigenvalue weighted by Crippen LogP contribution is 2.23. The molecule has 0 fully saturated rings. The minimum Gasteiger partial charge on any atom is -0.439 e. The molecular weight excluding hydrogens is 378 g/mol. The molecule has 30 heavy (non-hydrogen) atoms. The third-order valence-electron chi connectivity index (χ3n) is 4.47. The van der Waals surface area contributed by atoms with Crippen molar-refractivity contribution in [1.29, 1.82) is 0 Å². The van der Waals surface area contributed by atoms with Crippen LogP contribution in [-0.4, -0.2) is 25.7 Å². The van der Waals surface area contributed by atoms with Crippen molar-refractivity contribution in [3.63, 3.8) is 0 Å². The molecular formula is C23H21N5O2. The number of carbonyl (C=O) groups is 1. The lowest BCUT2D eigenvalue weighted by Gasteiger charge is -2.09. The van der Waals surface area contributed by atoms with E-state index in [1.54, 1.807) is 41.1 Å². The Morgan fingerprint density at radius 3 is 2.47 bits per heavy atom. The van der Waals surface area contributed by atoms with Gasteiger partial charge in [0, 0.05) is 23.0 Å². The smallest absolute Gasteiger partial charge is 0.255 e. The highest BCUT2D eigenvalue weighted by Gasteiger charge is 2.09. The van der Waals surface area contributed by atoms with E-state index >= 15 is 0 Å². The van der Waals surface area contributed by atoms with Crippen LogP contribution in [0.1, 0.15) is 27.3 Å². The van der Waals surface area contributed by atoms with E-state index in [1.807, 2.05) is 45.0 Å². The van der Waals surface area contributed by atoms with Gasteiger partial charge in [0.15, 0.2) is 5.82 Å². The van der Waals surface area contributed by atoms with Gasteiger partial charge in [0.05, 0.1) is 5.69 Å². The van der Waals surface area contributed by atoms with Gasteiger partial charge in [-0.1, -0.05) is 17.7 Å². The number of aryl methyl sites for hydroxylation is 3. The van der Waals surface area contributed by atoms with Crippen molar-refractivity contribution in [2.75, 3.05) is 5.32 Å². The molecule has 0 aliphatic carbocycles. The molecule has 2 heterocycles. The number of hydrogen-bond donors (Lipinski definition) is 1. The molecule has 0 radical (unpaired) electrons. The fourth-order valence-corrected chi connectivity index (χ4v) is 3.08. The van der Waals surface area contributed by atoms with Gasteiger partial charge in [-0.3, -0.25) is 4.79 Å². The number of aromatic nitrogens is 4. The van der Waals surface area contributed by atoms with E-state index in [2.05, 4.69) is 20.4 Å². The summed E-state index contributed by atoms with van der Waals surface area (Å²) >= 11 is 0. The molecule has 0 aliphatic rings. The lowest BCUT2D eigenvalue weighted by molar-refractivity contribution is 0.102. The fourth-order valence-electron chi connectivity index (χ4n) is 3.08. The molecule has 2 aromatic heterocycles. The third kappa shape index (κ3) is 4.35. The SMILES string of the molecule is Cc1cccc(C(=O)Nc2ccc(Oc3cc(-n4nc(C)cc4C)ncn3)cc2)c1. The predicted octanol–water partition coefficient (Wildman–Crippen LogP) is 4.63. The minimum absolute atomic E-state index is 0.155. The normalized spacial score (nSPS) is 10.6. The van der Waals surface area contributed by atoms with Crippen molar-refractivity contribution in [3.8, 4) is 17.4 Å². The van der Waals surface area contributed by atoms with Crippen LogP contribution in [0.25, 0.3) is 5.82 Å². The second-order valence-electron chi connectivity index (χ2n) is 7.00.